The Labute approximate surface area is 196 Å². The number of nitrogens with zero attached hydrogens (tertiary/aromatic N) is 4. The second kappa shape index (κ2) is 11.5. The summed E-state index contributed by atoms with van der Waals surface area (Å²) in [6, 6.07) is 17.3. The minimum absolute atomic E-state index is 0.301. The molecule has 7 nitrogen and oxygen atoms in total. The van der Waals surface area contributed by atoms with Gasteiger partial charge in [0.25, 0.3) is 0 Å². The summed E-state index contributed by atoms with van der Waals surface area (Å²) in [5, 5.41) is 7.02. The molecule has 1 aliphatic heterocycles. The first-order chi connectivity index (χ1) is 16.2. The lowest BCUT2D eigenvalue weighted by Gasteiger charge is -2.29. The number of aliphatic imine (C=N–C) groups is 1. The van der Waals surface area contributed by atoms with E-state index in [1.165, 1.54) is 29.5 Å². The Balaban J connectivity index is 1.35. The number of methoxy groups -OCH3 is 1. The van der Waals surface area contributed by atoms with Crippen molar-refractivity contribution in [1.29, 1.82) is 0 Å². The molecule has 0 amide bonds. The van der Waals surface area contributed by atoms with E-state index >= 15 is 0 Å². The highest BCUT2D eigenvalue weighted by atomic mass is 16.5. The molecule has 0 aliphatic carbocycles. The molecule has 1 unspecified atom stereocenters. The van der Waals surface area contributed by atoms with Crippen molar-refractivity contribution in [2.24, 2.45) is 4.99 Å². The van der Waals surface area contributed by atoms with E-state index in [2.05, 4.69) is 66.5 Å². The smallest absolute Gasteiger partial charge is 0.191 e. The van der Waals surface area contributed by atoms with Crippen molar-refractivity contribution >= 4 is 5.96 Å². The maximum atomic E-state index is 5.34. The lowest BCUT2D eigenvalue weighted by molar-refractivity contribution is 0.245. The Morgan fingerprint density at radius 1 is 1.09 bits per heavy atom. The molecule has 2 N–H and O–H groups in total. The van der Waals surface area contributed by atoms with Crippen LogP contribution in [0.1, 0.15) is 35.6 Å². The molecule has 0 spiro atoms. The summed E-state index contributed by atoms with van der Waals surface area (Å²) in [5.41, 5.74) is 3.78. The van der Waals surface area contributed by atoms with Crippen molar-refractivity contribution in [3.05, 3.63) is 83.9 Å². The third kappa shape index (κ3) is 6.35. The second-order valence-electron chi connectivity index (χ2n) is 8.39. The van der Waals surface area contributed by atoms with Crippen molar-refractivity contribution in [1.82, 2.24) is 25.1 Å². The highest BCUT2D eigenvalue weighted by molar-refractivity contribution is 5.79. The van der Waals surface area contributed by atoms with Crippen molar-refractivity contribution in [2.45, 2.75) is 32.0 Å². The van der Waals surface area contributed by atoms with Gasteiger partial charge in [-0.25, -0.2) is 4.98 Å². The molecular weight excluding hydrogens is 412 g/mol. The summed E-state index contributed by atoms with van der Waals surface area (Å²) >= 11 is 0. The van der Waals surface area contributed by atoms with Crippen LogP contribution < -0.4 is 15.4 Å². The number of aromatic nitrogens is 2. The first-order valence-electron chi connectivity index (χ1n) is 11.6. The second-order valence-corrected chi connectivity index (χ2v) is 8.39. The predicted molar refractivity (Wildman–Crippen MR) is 133 cm³/mol. The van der Waals surface area contributed by atoms with E-state index in [1.54, 1.807) is 7.11 Å². The van der Waals surface area contributed by atoms with Gasteiger partial charge in [-0.15, -0.1) is 0 Å². The zero-order chi connectivity index (χ0) is 22.9. The van der Waals surface area contributed by atoms with Crippen LogP contribution in [0, 0.1) is 0 Å². The van der Waals surface area contributed by atoms with Crippen molar-refractivity contribution < 1.29 is 4.74 Å². The van der Waals surface area contributed by atoms with E-state index in [0.29, 0.717) is 12.6 Å². The topological polar surface area (TPSA) is 66.7 Å². The number of hydrogen-bond donors (Lipinski definition) is 2. The van der Waals surface area contributed by atoms with Gasteiger partial charge < -0.3 is 19.9 Å². The minimum atomic E-state index is 0.301. The quantitative estimate of drug-likeness (QED) is 0.389. The number of guanidine groups is 1. The molecule has 7 heteroatoms. The molecule has 2 aromatic carbocycles. The normalized spacial score (nSPS) is 15.4. The standard InChI is InChI=1S/C26H34N6O/c1-27-26(29-17-21-6-5-7-22(16-21)19-31-15-12-28-20-31)30-18-25(32-13-3-4-14-32)23-8-10-24(33-2)11-9-23/h5-12,15-16,20,25H,3-4,13-14,17-19H2,1-2H3,(H2,27,29,30). The van der Waals surface area contributed by atoms with Gasteiger partial charge in [-0.1, -0.05) is 36.4 Å². The van der Waals surface area contributed by atoms with Crippen molar-refractivity contribution in [2.75, 3.05) is 33.8 Å². The molecular formula is C26H34N6O. The molecule has 33 heavy (non-hydrogen) atoms. The van der Waals surface area contributed by atoms with Crippen LogP contribution in [-0.2, 0) is 13.1 Å². The summed E-state index contributed by atoms with van der Waals surface area (Å²) in [5.74, 6) is 1.70. The first kappa shape index (κ1) is 22.9. The van der Waals surface area contributed by atoms with E-state index in [-0.39, 0.29) is 0 Å². The number of imidazole rings is 1. The first-order valence-corrected chi connectivity index (χ1v) is 11.6. The van der Waals surface area contributed by atoms with Crippen molar-refractivity contribution in [3.8, 4) is 5.75 Å². The molecule has 0 radical (unpaired) electrons. The van der Waals surface area contributed by atoms with Crippen LogP contribution in [0.2, 0.25) is 0 Å². The molecule has 4 rings (SSSR count). The third-order valence-corrected chi connectivity index (χ3v) is 6.14. The van der Waals surface area contributed by atoms with E-state index in [0.717, 1.165) is 37.9 Å². The Kier molecular flexibility index (Phi) is 7.98. The van der Waals surface area contributed by atoms with Gasteiger partial charge in [-0.2, -0.15) is 0 Å². The van der Waals surface area contributed by atoms with Gasteiger partial charge >= 0.3 is 0 Å². The predicted octanol–water partition coefficient (Wildman–Crippen LogP) is 3.44. The van der Waals surface area contributed by atoms with Crippen molar-refractivity contribution in [3.63, 3.8) is 0 Å². The van der Waals surface area contributed by atoms with Crippen LogP contribution in [0.25, 0.3) is 0 Å². The highest BCUT2D eigenvalue weighted by Crippen LogP contribution is 2.26. The summed E-state index contributed by atoms with van der Waals surface area (Å²) < 4.78 is 7.41. The van der Waals surface area contributed by atoms with E-state index in [9.17, 15) is 0 Å². The zero-order valence-electron chi connectivity index (χ0n) is 19.6. The highest BCUT2D eigenvalue weighted by Gasteiger charge is 2.23. The fourth-order valence-electron chi connectivity index (χ4n) is 4.37. The summed E-state index contributed by atoms with van der Waals surface area (Å²) in [4.78, 5) is 11.1. The van der Waals surface area contributed by atoms with Gasteiger partial charge in [0.1, 0.15) is 5.75 Å². The van der Waals surface area contributed by atoms with E-state index < -0.39 is 0 Å². The maximum absolute atomic E-state index is 5.34. The summed E-state index contributed by atoms with van der Waals surface area (Å²) in [6.45, 7) is 4.60. The third-order valence-electron chi connectivity index (χ3n) is 6.14. The zero-order valence-corrected chi connectivity index (χ0v) is 19.6. The number of likely N-dealkylation sites (tertiary alicyclic amines) is 1. The van der Waals surface area contributed by atoms with Gasteiger partial charge in [-0.3, -0.25) is 9.89 Å². The SMILES string of the molecule is CN=C(NCc1cccc(Cn2ccnc2)c1)NCC(c1ccc(OC)cc1)N1CCCC1. The van der Waals surface area contributed by atoms with Crippen LogP contribution in [0.3, 0.4) is 0 Å². The Morgan fingerprint density at radius 3 is 2.58 bits per heavy atom. The maximum Gasteiger partial charge on any atom is 0.191 e. The molecule has 1 fully saturated rings. The van der Waals surface area contributed by atoms with Gasteiger partial charge in [0.05, 0.1) is 19.5 Å². The number of nitrogens with one attached hydrogen (secondary N) is 2. The monoisotopic (exact) mass is 446 g/mol. The van der Waals surface area contributed by atoms with Crippen LogP contribution in [0.4, 0.5) is 0 Å². The number of benzene rings is 2. The molecule has 3 aromatic rings. The number of rotatable bonds is 9. The number of hydrogen-bond acceptors (Lipinski definition) is 4. The molecule has 0 saturated carbocycles. The lowest BCUT2D eigenvalue weighted by atomic mass is 10.1. The average molecular weight is 447 g/mol. The molecule has 1 aliphatic rings. The van der Waals surface area contributed by atoms with E-state index in [4.69, 9.17) is 4.74 Å². The largest absolute Gasteiger partial charge is 0.497 e. The summed E-state index contributed by atoms with van der Waals surface area (Å²) in [7, 11) is 3.53. The van der Waals surface area contributed by atoms with Crippen LogP contribution in [0.5, 0.6) is 5.75 Å². The van der Waals surface area contributed by atoms with E-state index in [1.807, 2.05) is 37.9 Å². The molecule has 1 aromatic heterocycles. The molecule has 1 atom stereocenters. The van der Waals surface area contributed by atoms with Gasteiger partial charge in [0.15, 0.2) is 5.96 Å². The molecule has 1 saturated heterocycles. The number of ether oxygens (including phenoxy) is 1. The summed E-state index contributed by atoms with van der Waals surface area (Å²) in [6.07, 6.45) is 8.15. The Morgan fingerprint density at radius 2 is 1.88 bits per heavy atom. The fraction of sp³-hybridized carbons (Fsp3) is 0.385. The van der Waals surface area contributed by atoms with Crippen LogP contribution in [0.15, 0.2) is 72.2 Å². The van der Waals surface area contributed by atoms with Crippen LogP contribution >= 0.6 is 0 Å². The Hall–Kier alpha value is -3.32. The average Bonchev–Trinajstić information content (AvgIpc) is 3.57. The van der Waals surface area contributed by atoms with Gasteiger partial charge in [0.2, 0.25) is 0 Å². The van der Waals surface area contributed by atoms with Gasteiger partial charge in [0, 0.05) is 39.1 Å². The molecule has 174 valence electrons. The lowest BCUT2D eigenvalue weighted by Crippen LogP contribution is -2.42. The molecule has 0 bridgehead atoms. The van der Waals surface area contributed by atoms with Crippen LogP contribution in [-0.4, -0.2) is 54.2 Å². The minimum Gasteiger partial charge on any atom is -0.497 e. The van der Waals surface area contributed by atoms with Gasteiger partial charge in [-0.05, 0) is 54.8 Å². The molecule has 2 heterocycles. The fourth-order valence-corrected chi connectivity index (χ4v) is 4.37. The Bertz CT molecular complexity index is 1010.